The van der Waals surface area contributed by atoms with Gasteiger partial charge in [-0.15, -0.1) is 0 Å². The van der Waals surface area contributed by atoms with Gasteiger partial charge in [0.1, 0.15) is 0 Å². The second-order valence-electron chi connectivity index (χ2n) is 5.86. The molecule has 1 N–H and O–H groups in total. The maximum absolute atomic E-state index is 12.6. The molecule has 1 fully saturated rings. The summed E-state index contributed by atoms with van der Waals surface area (Å²) in [6.45, 7) is 1.86. The van der Waals surface area contributed by atoms with E-state index in [4.69, 9.17) is 0 Å². The highest BCUT2D eigenvalue weighted by Gasteiger charge is 2.28. The zero-order valence-corrected chi connectivity index (χ0v) is 13.4. The first-order valence-corrected chi connectivity index (χ1v) is 8.96. The van der Waals surface area contributed by atoms with Gasteiger partial charge in [-0.2, -0.15) is 5.10 Å². The summed E-state index contributed by atoms with van der Waals surface area (Å²) in [4.78, 5) is 4.73. The normalized spacial score (nSPS) is 15.0. The van der Waals surface area contributed by atoms with Crippen LogP contribution in [0.25, 0.3) is 5.65 Å². The van der Waals surface area contributed by atoms with Gasteiger partial charge >= 0.3 is 0 Å². The molecule has 0 spiro atoms. The fourth-order valence-electron chi connectivity index (χ4n) is 2.50. The van der Waals surface area contributed by atoms with Gasteiger partial charge in [-0.25, -0.2) is 17.9 Å². The van der Waals surface area contributed by atoms with Crippen LogP contribution in [0.2, 0.25) is 0 Å². The zero-order valence-electron chi connectivity index (χ0n) is 12.6. The summed E-state index contributed by atoms with van der Waals surface area (Å²) < 4.78 is 29.4. The van der Waals surface area contributed by atoms with Gasteiger partial charge in [0.05, 0.1) is 10.6 Å². The molecule has 0 unspecified atom stereocenters. The monoisotopic (exact) mass is 328 g/mol. The minimum atomic E-state index is -3.65. The molecule has 0 radical (unpaired) electrons. The van der Waals surface area contributed by atoms with E-state index in [9.17, 15) is 8.42 Å². The molecule has 4 rings (SSSR count). The van der Waals surface area contributed by atoms with Crippen molar-refractivity contribution < 1.29 is 8.42 Å². The lowest BCUT2D eigenvalue weighted by atomic mass is 10.2. The first-order valence-electron chi connectivity index (χ1n) is 7.48. The highest BCUT2D eigenvalue weighted by molar-refractivity contribution is 7.92. The van der Waals surface area contributed by atoms with E-state index in [1.54, 1.807) is 41.0 Å². The number of anilines is 1. The topological polar surface area (TPSA) is 76.4 Å². The van der Waals surface area contributed by atoms with E-state index in [-0.39, 0.29) is 4.90 Å². The molecule has 7 heteroatoms. The van der Waals surface area contributed by atoms with E-state index in [0.717, 1.165) is 24.2 Å². The minimum Gasteiger partial charge on any atom is -0.276 e. The van der Waals surface area contributed by atoms with Gasteiger partial charge < -0.3 is 0 Å². The molecule has 2 heterocycles. The second kappa shape index (κ2) is 5.06. The van der Waals surface area contributed by atoms with Crippen molar-refractivity contribution in [2.75, 3.05) is 4.72 Å². The quantitative estimate of drug-likeness (QED) is 0.799. The molecule has 0 aliphatic heterocycles. The summed E-state index contributed by atoms with van der Waals surface area (Å²) in [6.07, 6.45) is 3.97. The summed E-state index contributed by atoms with van der Waals surface area (Å²) in [5.74, 6) is 1.20. The molecule has 0 atom stereocenters. The van der Waals surface area contributed by atoms with Crippen LogP contribution in [0.3, 0.4) is 0 Å². The summed E-state index contributed by atoms with van der Waals surface area (Å²) in [5.41, 5.74) is 1.86. The molecule has 0 bridgehead atoms. The van der Waals surface area contributed by atoms with E-state index >= 15 is 0 Å². The van der Waals surface area contributed by atoms with Crippen molar-refractivity contribution in [3.8, 4) is 0 Å². The van der Waals surface area contributed by atoms with Crippen LogP contribution in [-0.4, -0.2) is 23.0 Å². The minimum absolute atomic E-state index is 0.237. The molecule has 0 saturated heterocycles. The standard InChI is InChI=1S/C16H16N4O2S/c1-11-4-2-5-13(10-11)23(21,22)19-14-6-3-9-20-16(14)17-15(18-20)12-7-8-12/h2-6,9-10,12,19H,7-8H2,1H3. The van der Waals surface area contributed by atoms with Crippen molar-refractivity contribution in [3.63, 3.8) is 0 Å². The fraction of sp³-hybridized carbons (Fsp3) is 0.250. The van der Waals surface area contributed by atoms with E-state index in [1.807, 2.05) is 13.0 Å². The number of hydrogen-bond donors (Lipinski definition) is 1. The van der Waals surface area contributed by atoms with Crippen LogP contribution in [0.1, 0.15) is 30.1 Å². The average molecular weight is 328 g/mol. The summed E-state index contributed by atoms with van der Waals surface area (Å²) in [5, 5.41) is 4.42. The Bertz CT molecular complexity index is 990. The van der Waals surface area contributed by atoms with Crippen LogP contribution in [0.5, 0.6) is 0 Å². The number of hydrogen-bond acceptors (Lipinski definition) is 4. The van der Waals surface area contributed by atoms with Crippen LogP contribution in [0, 0.1) is 6.92 Å². The maximum Gasteiger partial charge on any atom is 0.262 e. The molecule has 3 aromatic rings. The van der Waals surface area contributed by atoms with Gasteiger partial charge in [0.15, 0.2) is 11.5 Å². The molecule has 1 aliphatic carbocycles. The molecule has 118 valence electrons. The van der Waals surface area contributed by atoms with Crippen LogP contribution in [0.15, 0.2) is 47.5 Å². The van der Waals surface area contributed by atoms with Crippen molar-refractivity contribution in [2.45, 2.75) is 30.6 Å². The summed E-state index contributed by atoms with van der Waals surface area (Å²) in [7, 11) is -3.65. The van der Waals surface area contributed by atoms with E-state index in [2.05, 4.69) is 14.8 Å². The fourth-order valence-corrected chi connectivity index (χ4v) is 3.67. The Hall–Kier alpha value is -2.41. The lowest BCUT2D eigenvalue weighted by Gasteiger charge is -2.09. The van der Waals surface area contributed by atoms with Crippen LogP contribution < -0.4 is 4.72 Å². The number of rotatable bonds is 4. The van der Waals surface area contributed by atoms with Crippen molar-refractivity contribution >= 4 is 21.4 Å². The van der Waals surface area contributed by atoms with E-state index in [1.165, 1.54) is 0 Å². The Morgan fingerprint density at radius 1 is 1.22 bits per heavy atom. The molecule has 6 nitrogen and oxygen atoms in total. The van der Waals surface area contributed by atoms with E-state index in [0.29, 0.717) is 17.3 Å². The average Bonchev–Trinajstić information content (AvgIpc) is 3.27. The maximum atomic E-state index is 12.6. The summed E-state index contributed by atoms with van der Waals surface area (Å²) in [6, 6.07) is 10.3. The molecule has 1 aromatic carbocycles. The highest BCUT2D eigenvalue weighted by atomic mass is 32.2. The molecule has 0 amide bonds. The second-order valence-corrected chi connectivity index (χ2v) is 7.54. The first kappa shape index (κ1) is 14.2. The Kier molecular flexibility index (Phi) is 3.12. The number of nitrogens with zero attached hydrogens (tertiary/aromatic N) is 3. The number of benzene rings is 1. The Morgan fingerprint density at radius 3 is 2.78 bits per heavy atom. The number of nitrogens with one attached hydrogen (secondary N) is 1. The molecule has 1 saturated carbocycles. The number of aromatic nitrogens is 3. The third-order valence-electron chi connectivity index (χ3n) is 3.87. The first-order chi connectivity index (χ1) is 11.0. The predicted molar refractivity (Wildman–Crippen MR) is 86.9 cm³/mol. The Morgan fingerprint density at radius 2 is 2.04 bits per heavy atom. The van der Waals surface area contributed by atoms with Gasteiger partial charge in [-0.05, 0) is 49.6 Å². The number of fused-ring (bicyclic) bond motifs is 1. The van der Waals surface area contributed by atoms with E-state index < -0.39 is 10.0 Å². The predicted octanol–water partition coefficient (Wildman–Crippen LogP) is 2.72. The molecule has 1 aliphatic rings. The van der Waals surface area contributed by atoms with Crippen molar-refractivity contribution in [1.82, 2.24) is 14.6 Å². The lowest BCUT2D eigenvalue weighted by Crippen LogP contribution is -2.14. The third kappa shape index (κ3) is 2.68. The zero-order chi connectivity index (χ0) is 16.0. The molecular weight excluding hydrogens is 312 g/mol. The summed E-state index contributed by atoms with van der Waals surface area (Å²) >= 11 is 0. The molecule has 23 heavy (non-hydrogen) atoms. The Labute approximate surface area is 134 Å². The van der Waals surface area contributed by atoms with Gasteiger partial charge in [0.2, 0.25) is 0 Å². The number of pyridine rings is 1. The van der Waals surface area contributed by atoms with Crippen molar-refractivity contribution in [1.29, 1.82) is 0 Å². The van der Waals surface area contributed by atoms with Crippen LogP contribution >= 0.6 is 0 Å². The van der Waals surface area contributed by atoms with Gasteiger partial charge in [0, 0.05) is 12.1 Å². The smallest absolute Gasteiger partial charge is 0.262 e. The van der Waals surface area contributed by atoms with Crippen molar-refractivity contribution in [2.24, 2.45) is 0 Å². The lowest BCUT2D eigenvalue weighted by molar-refractivity contribution is 0.601. The van der Waals surface area contributed by atoms with Crippen molar-refractivity contribution in [3.05, 3.63) is 54.0 Å². The van der Waals surface area contributed by atoms with Gasteiger partial charge in [-0.3, -0.25) is 4.72 Å². The SMILES string of the molecule is Cc1cccc(S(=O)(=O)Nc2cccn3nc(C4CC4)nc23)c1. The van der Waals surface area contributed by atoms with Gasteiger partial charge in [-0.1, -0.05) is 12.1 Å². The third-order valence-corrected chi connectivity index (χ3v) is 5.23. The number of sulfonamides is 1. The molecule has 2 aromatic heterocycles. The number of aryl methyl sites for hydroxylation is 1. The highest BCUT2D eigenvalue weighted by Crippen LogP contribution is 2.38. The van der Waals surface area contributed by atoms with Gasteiger partial charge in [0.25, 0.3) is 10.0 Å². The van der Waals surface area contributed by atoms with Crippen LogP contribution in [-0.2, 0) is 10.0 Å². The largest absolute Gasteiger partial charge is 0.276 e. The van der Waals surface area contributed by atoms with Crippen LogP contribution in [0.4, 0.5) is 5.69 Å². The molecular formula is C16H16N4O2S. The Balaban J connectivity index is 1.74.